The van der Waals surface area contributed by atoms with Crippen molar-refractivity contribution >= 4 is 40.5 Å². The van der Waals surface area contributed by atoms with Crippen LogP contribution in [-0.2, 0) is 4.79 Å². The molecule has 4 nitrogen and oxygen atoms in total. The molecule has 0 spiro atoms. The molecule has 0 saturated carbocycles. The summed E-state index contributed by atoms with van der Waals surface area (Å²) in [6.45, 7) is 2.05. The lowest BCUT2D eigenvalue weighted by molar-refractivity contribution is -0.133. The Bertz CT molecular complexity index is 630. The van der Waals surface area contributed by atoms with E-state index in [4.69, 9.17) is 5.11 Å². The lowest BCUT2D eigenvalue weighted by atomic mass is 10.3. The molecular formula is C13H15FN2O2S2. The number of carbonyl (C=O) groups is 1. The number of carboxylic acid groups (broad SMARTS) is 1. The van der Waals surface area contributed by atoms with Crippen LogP contribution in [0.25, 0.3) is 11.0 Å². The van der Waals surface area contributed by atoms with Gasteiger partial charge in [-0.3, -0.25) is 4.79 Å². The highest BCUT2D eigenvalue weighted by Gasteiger charge is 2.17. The van der Waals surface area contributed by atoms with E-state index in [2.05, 4.69) is 4.98 Å². The van der Waals surface area contributed by atoms with E-state index in [1.54, 1.807) is 17.8 Å². The molecule has 1 unspecified atom stereocenters. The van der Waals surface area contributed by atoms with Gasteiger partial charge in [0.25, 0.3) is 0 Å². The van der Waals surface area contributed by atoms with Gasteiger partial charge >= 0.3 is 5.97 Å². The second-order valence-electron chi connectivity index (χ2n) is 4.38. The van der Waals surface area contributed by atoms with E-state index in [1.807, 2.05) is 17.7 Å². The van der Waals surface area contributed by atoms with Crippen LogP contribution in [0.15, 0.2) is 23.4 Å². The van der Waals surface area contributed by atoms with Gasteiger partial charge < -0.3 is 9.67 Å². The third-order valence-corrected chi connectivity index (χ3v) is 4.55. The van der Waals surface area contributed by atoms with Crippen molar-refractivity contribution in [2.75, 3.05) is 17.8 Å². The zero-order chi connectivity index (χ0) is 14.7. The molecule has 1 heterocycles. The molecule has 0 bridgehead atoms. The zero-order valence-electron chi connectivity index (χ0n) is 11.2. The number of rotatable bonds is 6. The molecule has 1 aromatic heterocycles. The number of aliphatic carboxylic acids is 1. The van der Waals surface area contributed by atoms with Gasteiger partial charge in [0, 0.05) is 17.9 Å². The SMILES string of the molecule is CSCC(C)n1c(SCC(=O)O)nc2cc(F)ccc21. The van der Waals surface area contributed by atoms with Crippen molar-refractivity contribution in [1.29, 1.82) is 0 Å². The number of hydrogen-bond acceptors (Lipinski definition) is 4. The summed E-state index contributed by atoms with van der Waals surface area (Å²) >= 11 is 2.87. The summed E-state index contributed by atoms with van der Waals surface area (Å²) in [5, 5.41) is 9.42. The van der Waals surface area contributed by atoms with Crippen LogP contribution in [0.1, 0.15) is 13.0 Å². The molecule has 0 aliphatic carbocycles. The molecule has 108 valence electrons. The Labute approximate surface area is 124 Å². The van der Waals surface area contributed by atoms with E-state index >= 15 is 0 Å². The monoisotopic (exact) mass is 314 g/mol. The Morgan fingerprint density at radius 2 is 2.30 bits per heavy atom. The standard InChI is InChI=1S/C13H15FN2O2S2/c1-8(6-19-2)16-11-4-3-9(14)5-10(11)15-13(16)20-7-12(17)18/h3-5,8H,6-7H2,1-2H3,(H,17,18). The van der Waals surface area contributed by atoms with Gasteiger partial charge in [-0.15, -0.1) is 0 Å². The number of halogens is 1. The maximum absolute atomic E-state index is 13.3. The molecule has 0 fully saturated rings. The van der Waals surface area contributed by atoms with Gasteiger partial charge in [-0.1, -0.05) is 11.8 Å². The van der Waals surface area contributed by atoms with E-state index in [-0.39, 0.29) is 17.6 Å². The Hall–Kier alpha value is -1.21. The summed E-state index contributed by atoms with van der Waals surface area (Å²) in [7, 11) is 0. The summed E-state index contributed by atoms with van der Waals surface area (Å²) in [5.41, 5.74) is 1.40. The normalized spacial score (nSPS) is 12.8. The van der Waals surface area contributed by atoms with Crippen LogP contribution in [0.3, 0.4) is 0 Å². The van der Waals surface area contributed by atoms with Crippen molar-refractivity contribution in [2.45, 2.75) is 18.1 Å². The molecule has 1 N–H and O–H groups in total. The molecular weight excluding hydrogens is 299 g/mol. The number of carboxylic acids is 1. The second-order valence-corrected chi connectivity index (χ2v) is 6.24. The van der Waals surface area contributed by atoms with Gasteiger partial charge in [-0.2, -0.15) is 11.8 Å². The highest BCUT2D eigenvalue weighted by Crippen LogP contribution is 2.29. The molecule has 0 saturated heterocycles. The highest BCUT2D eigenvalue weighted by molar-refractivity contribution is 7.99. The van der Waals surface area contributed by atoms with Crippen LogP contribution in [0.4, 0.5) is 4.39 Å². The maximum atomic E-state index is 13.3. The summed E-state index contributed by atoms with van der Waals surface area (Å²) in [4.78, 5) is 15.1. The lowest BCUT2D eigenvalue weighted by Gasteiger charge is -2.15. The van der Waals surface area contributed by atoms with Crippen LogP contribution < -0.4 is 0 Å². The minimum Gasteiger partial charge on any atom is -0.481 e. The number of thioether (sulfide) groups is 2. The van der Waals surface area contributed by atoms with E-state index in [9.17, 15) is 9.18 Å². The molecule has 0 amide bonds. The maximum Gasteiger partial charge on any atom is 0.313 e. The van der Waals surface area contributed by atoms with Crippen LogP contribution in [-0.4, -0.2) is 38.4 Å². The molecule has 0 aliphatic heterocycles. The van der Waals surface area contributed by atoms with E-state index in [0.717, 1.165) is 23.0 Å². The molecule has 7 heteroatoms. The fraction of sp³-hybridized carbons (Fsp3) is 0.385. The van der Waals surface area contributed by atoms with Crippen LogP contribution >= 0.6 is 23.5 Å². The fourth-order valence-corrected chi connectivity index (χ4v) is 3.48. The number of fused-ring (bicyclic) bond motifs is 1. The van der Waals surface area contributed by atoms with Crippen LogP contribution in [0.5, 0.6) is 0 Å². The minimum absolute atomic E-state index is 0.0577. The van der Waals surface area contributed by atoms with Crippen molar-refractivity contribution in [2.24, 2.45) is 0 Å². The topological polar surface area (TPSA) is 55.1 Å². The third-order valence-electron chi connectivity index (χ3n) is 2.79. The van der Waals surface area contributed by atoms with Crippen molar-refractivity contribution in [3.63, 3.8) is 0 Å². The van der Waals surface area contributed by atoms with Crippen LogP contribution in [0, 0.1) is 5.82 Å². The Morgan fingerprint density at radius 1 is 1.55 bits per heavy atom. The average molecular weight is 314 g/mol. The summed E-state index contributed by atoms with van der Waals surface area (Å²) in [6, 6.07) is 4.64. The number of hydrogen-bond donors (Lipinski definition) is 1. The van der Waals surface area contributed by atoms with Gasteiger partial charge in [-0.05, 0) is 25.3 Å². The molecule has 2 rings (SSSR count). The zero-order valence-corrected chi connectivity index (χ0v) is 12.8. The number of benzene rings is 1. The van der Waals surface area contributed by atoms with Gasteiger partial charge in [0.2, 0.25) is 0 Å². The van der Waals surface area contributed by atoms with E-state index < -0.39 is 5.97 Å². The van der Waals surface area contributed by atoms with Crippen molar-refractivity contribution in [3.8, 4) is 0 Å². The number of aromatic nitrogens is 2. The van der Waals surface area contributed by atoms with E-state index in [1.165, 1.54) is 12.1 Å². The van der Waals surface area contributed by atoms with Gasteiger partial charge in [0.1, 0.15) is 5.82 Å². The Balaban J connectivity index is 2.47. The molecule has 0 radical (unpaired) electrons. The molecule has 2 aromatic rings. The molecule has 20 heavy (non-hydrogen) atoms. The quantitative estimate of drug-likeness (QED) is 0.829. The first-order valence-electron chi connectivity index (χ1n) is 6.04. The summed E-state index contributed by atoms with van der Waals surface area (Å²) in [5.74, 6) is -0.409. The highest BCUT2D eigenvalue weighted by atomic mass is 32.2. The molecule has 1 atom stereocenters. The largest absolute Gasteiger partial charge is 0.481 e. The average Bonchev–Trinajstić information content (AvgIpc) is 2.74. The summed E-state index contributed by atoms with van der Waals surface area (Å²) in [6.07, 6.45) is 2.01. The lowest BCUT2D eigenvalue weighted by Crippen LogP contribution is -2.10. The van der Waals surface area contributed by atoms with Gasteiger partial charge in [-0.25, -0.2) is 9.37 Å². The van der Waals surface area contributed by atoms with Crippen molar-refractivity contribution in [1.82, 2.24) is 9.55 Å². The second kappa shape index (κ2) is 6.49. The first-order valence-corrected chi connectivity index (χ1v) is 8.42. The molecule has 1 aromatic carbocycles. The number of imidazole rings is 1. The summed E-state index contributed by atoms with van der Waals surface area (Å²) < 4.78 is 15.3. The Kier molecular flexibility index (Phi) is 4.93. The molecule has 0 aliphatic rings. The predicted molar refractivity (Wildman–Crippen MR) is 81.1 cm³/mol. The predicted octanol–water partition coefficient (Wildman–Crippen LogP) is 3.28. The smallest absolute Gasteiger partial charge is 0.313 e. The van der Waals surface area contributed by atoms with Crippen molar-refractivity contribution in [3.05, 3.63) is 24.0 Å². The minimum atomic E-state index is -0.891. The van der Waals surface area contributed by atoms with Gasteiger partial charge in [0.15, 0.2) is 5.16 Å². The fourth-order valence-electron chi connectivity index (χ4n) is 2.02. The van der Waals surface area contributed by atoms with Crippen LogP contribution in [0.2, 0.25) is 0 Å². The van der Waals surface area contributed by atoms with Crippen molar-refractivity contribution < 1.29 is 14.3 Å². The van der Waals surface area contributed by atoms with Gasteiger partial charge in [0.05, 0.1) is 16.8 Å². The first-order chi connectivity index (χ1) is 9.52. The number of nitrogens with zero attached hydrogens (tertiary/aromatic N) is 2. The Morgan fingerprint density at radius 3 is 2.95 bits per heavy atom. The third kappa shape index (κ3) is 3.27. The first kappa shape index (κ1) is 15.2. The van der Waals surface area contributed by atoms with E-state index in [0.29, 0.717) is 10.7 Å².